The van der Waals surface area contributed by atoms with Crippen LogP contribution in [-0.4, -0.2) is 83.4 Å². The highest BCUT2D eigenvalue weighted by Crippen LogP contribution is 2.04. The van der Waals surface area contributed by atoms with E-state index in [0.29, 0.717) is 17.9 Å². The number of hydrogen-bond acceptors (Lipinski definition) is 8. The van der Waals surface area contributed by atoms with E-state index in [9.17, 15) is 24.0 Å². The quantitative estimate of drug-likeness (QED) is 0.161. The number of nitrogens with two attached hydrogens (primary N) is 2. The summed E-state index contributed by atoms with van der Waals surface area (Å²) in [6, 6.07) is -3.20. The fourth-order valence-corrected chi connectivity index (χ4v) is 3.09. The molecular weight excluding hydrogens is 422 g/mol. The Morgan fingerprint density at radius 1 is 0.897 bits per heavy atom. The van der Waals surface area contributed by atoms with E-state index < -0.39 is 60.7 Å². The summed E-state index contributed by atoms with van der Waals surface area (Å²) in [4.78, 5) is 58.9. The van der Waals surface area contributed by atoms with Gasteiger partial charge in [0.15, 0.2) is 0 Å². The highest BCUT2D eigenvalue weighted by atomic mass is 32.2. The van der Waals surface area contributed by atoms with E-state index in [1.165, 1.54) is 23.5 Å². The summed E-state index contributed by atoms with van der Waals surface area (Å²) in [6.07, 6.45) is 3.80. The molecule has 0 bridgehead atoms. The van der Waals surface area contributed by atoms with E-state index in [4.69, 9.17) is 16.6 Å². The minimum Gasteiger partial charge on any atom is -0.480 e. The summed E-state index contributed by atoms with van der Waals surface area (Å²) in [5, 5.41) is 15.7. The first-order valence-corrected chi connectivity index (χ1v) is 11.5. The lowest BCUT2D eigenvalue weighted by Gasteiger charge is -2.23. The highest BCUT2D eigenvalue weighted by molar-refractivity contribution is 7.98. The van der Waals surface area contributed by atoms with Gasteiger partial charge in [0.05, 0.1) is 12.5 Å². The molecule has 3 unspecified atom stereocenters. The molecule has 166 valence electrons. The molecule has 0 fully saturated rings. The molecule has 8 N–H and O–H groups in total. The number of carbonyl (C=O) groups is 5. The summed E-state index contributed by atoms with van der Waals surface area (Å²) in [5.74, 6) is -2.98. The van der Waals surface area contributed by atoms with Crippen molar-refractivity contribution in [3.8, 4) is 0 Å². The number of nitrogens with one attached hydrogen (secondary N) is 3. The van der Waals surface area contributed by atoms with E-state index >= 15 is 0 Å². The van der Waals surface area contributed by atoms with Gasteiger partial charge in [-0.1, -0.05) is 0 Å². The Kier molecular flexibility index (Phi) is 13.9. The van der Waals surface area contributed by atoms with E-state index in [1.54, 1.807) is 6.26 Å². The zero-order chi connectivity index (χ0) is 22.4. The second kappa shape index (κ2) is 14.9. The van der Waals surface area contributed by atoms with Crippen LogP contribution in [0.5, 0.6) is 0 Å². The minimum atomic E-state index is -1.30. The second-order valence-corrected chi connectivity index (χ2v) is 8.04. The molecule has 0 aliphatic carbocycles. The van der Waals surface area contributed by atoms with Gasteiger partial charge in [0.1, 0.15) is 18.6 Å². The lowest BCUT2D eigenvalue weighted by Crippen LogP contribution is -2.57. The highest BCUT2D eigenvalue weighted by Gasteiger charge is 2.29. The lowest BCUT2D eigenvalue weighted by molar-refractivity contribution is -0.138. The second-order valence-electron chi connectivity index (χ2n) is 6.07. The maximum atomic E-state index is 12.6. The van der Waals surface area contributed by atoms with Crippen molar-refractivity contribution in [1.29, 1.82) is 0 Å². The van der Waals surface area contributed by atoms with E-state index in [0.717, 1.165) is 0 Å². The average molecular weight is 452 g/mol. The van der Waals surface area contributed by atoms with Crippen LogP contribution < -0.4 is 27.4 Å². The predicted molar refractivity (Wildman–Crippen MR) is 112 cm³/mol. The number of carboxylic acid groups (broad SMARTS) is 1. The summed E-state index contributed by atoms with van der Waals surface area (Å²) in [6.45, 7) is -0.601. The maximum absolute atomic E-state index is 12.6. The fraction of sp³-hybridized carbons (Fsp3) is 0.688. The van der Waals surface area contributed by atoms with Gasteiger partial charge in [-0.05, 0) is 36.9 Å². The average Bonchev–Trinajstić information content (AvgIpc) is 2.65. The summed E-state index contributed by atoms with van der Waals surface area (Å²) < 4.78 is 0. The zero-order valence-corrected chi connectivity index (χ0v) is 18.1. The van der Waals surface area contributed by atoms with E-state index in [1.807, 2.05) is 6.26 Å². The molecule has 4 amide bonds. The van der Waals surface area contributed by atoms with Crippen LogP contribution in [0.1, 0.15) is 19.3 Å². The van der Waals surface area contributed by atoms with Gasteiger partial charge in [0, 0.05) is 0 Å². The molecule has 0 heterocycles. The van der Waals surface area contributed by atoms with Crippen molar-refractivity contribution in [1.82, 2.24) is 16.0 Å². The first-order chi connectivity index (χ1) is 13.6. The van der Waals surface area contributed by atoms with Crippen LogP contribution in [0, 0.1) is 0 Å². The number of carboxylic acids is 1. The third-order valence-corrected chi connectivity index (χ3v) is 4.95. The first kappa shape index (κ1) is 27.0. The molecule has 0 saturated carbocycles. The lowest BCUT2D eigenvalue weighted by atomic mass is 10.1. The molecule has 0 radical (unpaired) electrons. The number of primary amides is 1. The third kappa shape index (κ3) is 12.2. The molecule has 0 aromatic rings. The van der Waals surface area contributed by atoms with Crippen molar-refractivity contribution in [2.45, 2.75) is 37.4 Å². The van der Waals surface area contributed by atoms with Gasteiger partial charge in [-0.25, -0.2) is 0 Å². The van der Waals surface area contributed by atoms with Crippen molar-refractivity contribution in [3.63, 3.8) is 0 Å². The SMILES string of the molecule is CSCCC(N)C(=O)NC(CC(N)=O)C(=O)NC(CCSC)C(=O)NCC(=O)O. The summed E-state index contributed by atoms with van der Waals surface area (Å²) in [5.41, 5.74) is 10.9. The molecule has 29 heavy (non-hydrogen) atoms. The van der Waals surface area contributed by atoms with Gasteiger partial charge in [-0.2, -0.15) is 23.5 Å². The molecule has 0 saturated heterocycles. The zero-order valence-electron chi connectivity index (χ0n) is 16.4. The van der Waals surface area contributed by atoms with Gasteiger partial charge in [-0.15, -0.1) is 0 Å². The van der Waals surface area contributed by atoms with Gasteiger partial charge in [-0.3, -0.25) is 24.0 Å². The first-order valence-electron chi connectivity index (χ1n) is 8.74. The van der Waals surface area contributed by atoms with Crippen molar-refractivity contribution in [2.24, 2.45) is 11.5 Å². The number of rotatable bonds is 15. The molecule has 0 aromatic heterocycles. The molecule has 0 aliphatic rings. The number of amides is 4. The molecule has 11 nitrogen and oxygen atoms in total. The van der Waals surface area contributed by atoms with Gasteiger partial charge in [0.2, 0.25) is 23.6 Å². The van der Waals surface area contributed by atoms with E-state index in [2.05, 4.69) is 16.0 Å². The minimum absolute atomic E-state index is 0.225. The maximum Gasteiger partial charge on any atom is 0.322 e. The van der Waals surface area contributed by atoms with Crippen LogP contribution in [-0.2, 0) is 24.0 Å². The Hall–Kier alpha value is -1.99. The largest absolute Gasteiger partial charge is 0.480 e. The summed E-state index contributed by atoms with van der Waals surface area (Å²) in [7, 11) is 0. The van der Waals surface area contributed by atoms with Crippen LogP contribution in [0.4, 0.5) is 0 Å². The number of aliphatic carboxylic acids is 1. The Morgan fingerprint density at radius 3 is 1.97 bits per heavy atom. The van der Waals surface area contributed by atoms with Gasteiger partial charge in [0.25, 0.3) is 0 Å². The Labute approximate surface area is 177 Å². The standard InChI is InChI=1S/C16H29N5O6S2/c1-28-5-3-9(17)14(25)21-11(7-12(18)22)16(27)20-10(4-6-29-2)15(26)19-8-13(23)24/h9-11H,3-8,17H2,1-2H3,(H2,18,22)(H,19,26)(H,20,27)(H,21,25)(H,23,24). The monoisotopic (exact) mass is 451 g/mol. The van der Waals surface area contributed by atoms with Gasteiger partial charge >= 0.3 is 5.97 Å². The molecule has 13 heteroatoms. The number of thioether (sulfide) groups is 2. The van der Waals surface area contributed by atoms with Crippen molar-refractivity contribution in [2.75, 3.05) is 30.6 Å². The van der Waals surface area contributed by atoms with Crippen molar-refractivity contribution >= 4 is 53.1 Å². The molecule has 0 aliphatic heterocycles. The topological polar surface area (TPSA) is 194 Å². The number of carbonyl (C=O) groups excluding carboxylic acids is 4. The molecule has 0 aromatic carbocycles. The van der Waals surface area contributed by atoms with Crippen LogP contribution in [0.25, 0.3) is 0 Å². The van der Waals surface area contributed by atoms with Crippen LogP contribution >= 0.6 is 23.5 Å². The predicted octanol–water partition coefficient (Wildman–Crippen LogP) is -2.13. The molecular formula is C16H29N5O6S2. The van der Waals surface area contributed by atoms with Crippen LogP contribution in [0.2, 0.25) is 0 Å². The molecule has 0 spiro atoms. The normalized spacial score (nSPS) is 13.6. The summed E-state index contributed by atoms with van der Waals surface area (Å²) >= 11 is 2.94. The molecule has 0 rings (SSSR count). The van der Waals surface area contributed by atoms with Crippen LogP contribution in [0.3, 0.4) is 0 Å². The van der Waals surface area contributed by atoms with Crippen LogP contribution in [0.15, 0.2) is 0 Å². The molecule has 3 atom stereocenters. The van der Waals surface area contributed by atoms with Crippen molar-refractivity contribution in [3.05, 3.63) is 0 Å². The Bertz CT molecular complexity index is 592. The third-order valence-electron chi connectivity index (χ3n) is 3.67. The van der Waals surface area contributed by atoms with E-state index in [-0.39, 0.29) is 6.42 Å². The van der Waals surface area contributed by atoms with Crippen molar-refractivity contribution < 1.29 is 29.1 Å². The Balaban J connectivity index is 5.15. The number of hydrogen-bond donors (Lipinski definition) is 6. The smallest absolute Gasteiger partial charge is 0.322 e. The fourth-order valence-electron chi connectivity index (χ4n) is 2.13. The Morgan fingerprint density at radius 2 is 1.45 bits per heavy atom. The van der Waals surface area contributed by atoms with Gasteiger partial charge < -0.3 is 32.5 Å².